The lowest BCUT2D eigenvalue weighted by Gasteiger charge is -2.17. The first-order valence-corrected chi connectivity index (χ1v) is 6.72. The molecule has 1 N–H and O–H groups in total. The van der Waals surface area contributed by atoms with E-state index in [0.717, 1.165) is 5.56 Å². The van der Waals surface area contributed by atoms with E-state index in [-0.39, 0.29) is 11.8 Å². The molecule has 0 aliphatic heterocycles. The van der Waals surface area contributed by atoms with Gasteiger partial charge in [0.2, 0.25) is 0 Å². The fourth-order valence-corrected chi connectivity index (χ4v) is 2.17. The number of hydrogen-bond donors (Lipinski definition) is 1. The summed E-state index contributed by atoms with van der Waals surface area (Å²) >= 11 is 5.94. The third kappa shape index (κ3) is 3.45. The van der Waals surface area contributed by atoms with E-state index in [1.54, 1.807) is 30.3 Å². The maximum Gasteiger partial charge on any atom is 0.165 e. The van der Waals surface area contributed by atoms with Crippen molar-refractivity contribution in [1.82, 2.24) is 0 Å². The summed E-state index contributed by atoms with van der Waals surface area (Å²) in [6.07, 6.45) is 0. The average molecular weight is 305 g/mol. The first-order chi connectivity index (χ1) is 10.0. The molecule has 0 aliphatic rings. The zero-order valence-electron chi connectivity index (χ0n) is 11.7. The second kappa shape index (κ2) is 6.47. The first-order valence-electron chi connectivity index (χ1n) is 6.34. The van der Waals surface area contributed by atoms with Crippen molar-refractivity contribution in [3.8, 4) is 11.8 Å². The number of anilines is 1. The van der Waals surface area contributed by atoms with Gasteiger partial charge in [-0.1, -0.05) is 17.7 Å². The van der Waals surface area contributed by atoms with Crippen LogP contribution in [0.2, 0.25) is 5.02 Å². The largest absolute Gasteiger partial charge is 0.494 e. The van der Waals surface area contributed by atoms with Crippen molar-refractivity contribution in [2.45, 2.75) is 13.0 Å². The highest BCUT2D eigenvalue weighted by molar-refractivity contribution is 6.30. The van der Waals surface area contributed by atoms with Crippen LogP contribution in [-0.2, 0) is 0 Å². The van der Waals surface area contributed by atoms with Crippen molar-refractivity contribution >= 4 is 17.3 Å². The molecule has 0 saturated carbocycles. The van der Waals surface area contributed by atoms with Gasteiger partial charge in [-0.15, -0.1) is 0 Å². The third-order valence-corrected chi connectivity index (χ3v) is 3.39. The van der Waals surface area contributed by atoms with E-state index in [1.165, 1.54) is 13.2 Å². The summed E-state index contributed by atoms with van der Waals surface area (Å²) in [6, 6.07) is 11.6. The zero-order chi connectivity index (χ0) is 15.4. The molecule has 0 saturated heterocycles. The third-order valence-electron chi connectivity index (χ3n) is 3.15. The standard InChI is InChI=1S/C16H14ClFN2O/c1-10(11-4-6-16(21-2)14(18)7-11)20-15-8-13(17)5-3-12(15)9-19/h3-8,10,20H,1-2H3. The van der Waals surface area contributed by atoms with E-state index in [4.69, 9.17) is 21.6 Å². The second-order valence-electron chi connectivity index (χ2n) is 4.56. The topological polar surface area (TPSA) is 45.0 Å². The molecule has 5 heteroatoms. The molecule has 108 valence electrons. The van der Waals surface area contributed by atoms with Gasteiger partial charge in [0.15, 0.2) is 11.6 Å². The van der Waals surface area contributed by atoms with Crippen LogP contribution in [-0.4, -0.2) is 7.11 Å². The Morgan fingerprint density at radius 2 is 2.05 bits per heavy atom. The minimum absolute atomic E-state index is 0.184. The molecule has 0 spiro atoms. The van der Waals surface area contributed by atoms with Crippen LogP contribution < -0.4 is 10.1 Å². The lowest BCUT2D eigenvalue weighted by molar-refractivity contribution is 0.386. The van der Waals surface area contributed by atoms with Crippen LogP contribution in [0.25, 0.3) is 0 Å². The zero-order valence-corrected chi connectivity index (χ0v) is 12.4. The Balaban J connectivity index is 2.26. The normalized spacial score (nSPS) is 11.6. The molecule has 2 aromatic rings. The maximum atomic E-state index is 13.7. The van der Waals surface area contributed by atoms with Gasteiger partial charge in [0.25, 0.3) is 0 Å². The van der Waals surface area contributed by atoms with Gasteiger partial charge in [-0.3, -0.25) is 0 Å². The summed E-state index contributed by atoms with van der Waals surface area (Å²) in [6.45, 7) is 1.88. The van der Waals surface area contributed by atoms with Crippen LogP contribution in [0.3, 0.4) is 0 Å². The molecule has 0 fully saturated rings. The summed E-state index contributed by atoms with van der Waals surface area (Å²) < 4.78 is 18.6. The van der Waals surface area contributed by atoms with Gasteiger partial charge in [-0.05, 0) is 42.8 Å². The number of ether oxygens (including phenoxy) is 1. The van der Waals surface area contributed by atoms with Crippen molar-refractivity contribution in [1.29, 1.82) is 5.26 Å². The number of methoxy groups -OCH3 is 1. The Morgan fingerprint density at radius 3 is 2.67 bits per heavy atom. The SMILES string of the molecule is COc1ccc(C(C)Nc2cc(Cl)ccc2C#N)cc1F. The van der Waals surface area contributed by atoms with Crippen molar-refractivity contribution in [2.24, 2.45) is 0 Å². The molecule has 0 radical (unpaired) electrons. The molecule has 0 heterocycles. The molecule has 1 atom stereocenters. The van der Waals surface area contributed by atoms with Gasteiger partial charge in [-0.2, -0.15) is 5.26 Å². The number of benzene rings is 2. The molecular weight excluding hydrogens is 291 g/mol. The number of nitrogens with one attached hydrogen (secondary N) is 1. The van der Waals surface area contributed by atoms with Gasteiger partial charge in [0.1, 0.15) is 6.07 Å². The van der Waals surface area contributed by atoms with Gasteiger partial charge in [0.05, 0.1) is 18.4 Å². The summed E-state index contributed by atoms with van der Waals surface area (Å²) in [7, 11) is 1.42. The van der Waals surface area contributed by atoms with Gasteiger partial charge < -0.3 is 10.1 Å². The fourth-order valence-electron chi connectivity index (χ4n) is 2.00. The minimum atomic E-state index is -0.421. The maximum absolute atomic E-state index is 13.7. The Hall–Kier alpha value is -2.25. The number of nitriles is 1. The molecular formula is C16H14ClFN2O. The first kappa shape index (κ1) is 15.1. The van der Waals surface area contributed by atoms with Gasteiger partial charge >= 0.3 is 0 Å². The molecule has 0 amide bonds. The van der Waals surface area contributed by atoms with Gasteiger partial charge in [-0.25, -0.2) is 4.39 Å². The Morgan fingerprint density at radius 1 is 1.29 bits per heavy atom. The molecule has 21 heavy (non-hydrogen) atoms. The molecule has 2 rings (SSSR count). The van der Waals surface area contributed by atoms with Crippen molar-refractivity contribution < 1.29 is 9.13 Å². The molecule has 2 aromatic carbocycles. The fraction of sp³-hybridized carbons (Fsp3) is 0.188. The van der Waals surface area contributed by atoms with E-state index in [2.05, 4.69) is 11.4 Å². The highest BCUT2D eigenvalue weighted by atomic mass is 35.5. The monoisotopic (exact) mass is 304 g/mol. The highest BCUT2D eigenvalue weighted by Crippen LogP contribution is 2.27. The molecule has 1 unspecified atom stereocenters. The Bertz CT molecular complexity index is 697. The van der Waals surface area contributed by atoms with E-state index < -0.39 is 5.82 Å². The summed E-state index contributed by atoms with van der Waals surface area (Å²) in [5, 5.41) is 12.8. The Labute approximate surface area is 127 Å². The molecule has 0 aromatic heterocycles. The summed E-state index contributed by atoms with van der Waals surface area (Å²) in [4.78, 5) is 0. The number of hydrogen-bond acceptors (Lipinski definition) is 3. The number of nitrogens with zero attached hydrogens (tertiary/aromatic N) is 1. The van der Waals surface area contributed by atoms with E-state index in [1.807, 2.05) is 6.92 Å². The molecule has 3 nitrogen and oxygen atoms in total. The van der Waals surface area contributed by atoms with Crippen molar-refractivity contribution in [3.05, 3.63) is 58.4 Å². The predicted octanol–water partition coefficient (Wildman–Crippen LogP) is 4.53. The van der Waals surface area contributed by atoms with Crippen molar-refractivity contribution in [3.63, 3.8) is 0 Å². The highest BCUT2D eigenvalue weighted by Gasteiger charge is 2.11. The predicted molar refractivity (Wildman–Crippen MR) is 81.2 cm³/mol. The van der Waals surface area contributed by atoms with Crippen LogP contribution in [0, 0.1) is 17.1 Å². The van der Waals surface area contributed by atoms with E-state index in [9.17, 15) is 4.39 Å². The van der Waals surface area contributed by atoms with Crippen LogP contribution in [0.5, 0.6) is 5.75 Å². The van der Waals surface area contributed by atoms with Crippen LogP contribution in [0.1, 0.15) is 24.1 Å². The van der Waals surface area contributed by atoms with Gasteiger partial charge in [0, 0.05) is 11.1 Å². The van der Waals surface area contributed by atoms with Crippen molar-refractivity contribution in [2.75, 3.05) is 12.4 Å². The number of halogens is 2. The lowest BCUT2D eigenvalue weighted by Crippen LogP contribution is -2.08. The van der Waals surface area contributed by atoms with Crippen LogP contribution in [0.4, 0.5) is 10.1 Å². The quantitative estimate of drug-likeness (QED) is 0.902. The Kier molecular flexibility index (Phi) is 4.66. The van der Waals surface area contributed by atoms with Crippen LogP contribution >= 0.6 is 11.6 Å². The minimum Gasteiger partial charge on any atom is -0.494 e. The molecule has 0 bridgehead atoms. The summed E-state index contributed by atoms with van der Waals surface area (Å²) in [5.74, 6) is -0.221. The smallest absolute Gasteiger partial charge is 0.165 e. The lowest BCUT2D eigenvalue weighted by atomic mass is 10.1. The van der Waals surface area contributed by atoms with E-state index >= 15 is 0 Å². The second-order valence-corrected chi connectivity index (χ2v) is 5.00. The average Bonchev–Trinajstić information content (AvgIpc) is 2.47. The number of rotatable bonds is 4. The van der Waals surface area contributed by atoms with Crippen LogP contribution in [0.15, 0.2) is 36.4 Å². The molecule has 0 aliphatic carbocycles. The summed E-state index contributed by atoms with van der Waals surface area (Å²) in [5.41, 5.74) is 1.85. The van der Waals surface area contributed by atoms with E-state index in [0.29, 0.717) is 16.3 Å².